The first-order chi connectivity index (χ1) is 11.2. The minimum absolute atomic E-state index is 0.0393. The molecule has 2 amide bonds. The lowest BCUT2D eigenvalue weighted by molar-refractivity contribution is -0.129. The lowest BCUT2D eigenvalue weighted by atomic mass is 10.0. The van der Waals surface area contributed by atoms with E-state index < -0.39 is 11.7 Å². The fraction of sp³-hybridized carbons (Fsp3) is 0.579. The Labute approximate surface area is 144 Å². The molecular formula is C19H28N2O3. The molecule has 1 fully saturated rings. The number of rotatable bonds is 4. The summed E-state index contributed by atoms with van der Waals surface area (Å²) in [6.45, 7) is 10.1. The number of benzene rings is 1. The number of alkyl carbamates (subject to hydrolysis) is 1. The molecule has 1 N–H and O–H groups in total. The monoisotopic (exact) mass is 332 g/mol. The molecule has 0 spiro atoms. The molecule has 1 aliphatic rings. The molecule has 24 heavy (non-hydrogen) atoms. The molecule has 1 aliphatic heterocycles. The Morgan fingerprint density at radius 1 is 1.25 bits per heavy atom. The summed E-state index contributed by atoms with van der Waals surface area (Å²) in [6.07, 6.45) is 0.0192. The van der Waals surface area contributed by atoms with Crippen molar-refractivity contribution >= 4 is 12.0 Å². The van der Waals surface area contributed by atoms with Crippen LogP contribution in [0, 0.1) is 5.92 Å². The molecule has 0 unspecified atom stereocenters. The van der Waals surface area contributed by atoms with Gasteiger partial charge in [-0.3, -0.25) is 4.79 Å². The number of carbonyl (C=O) groups is 2. The van der Waals surface area contributed by atoms with Crippen molar-refractivity contribution in [3.05, 3.63) is 35.9 Å². The van der Waals surface area contributed by atoms with E-state index in [-0.39, 0.29) is 23.9 Å². The van der Waals surface area contributed by atoms with Gasteiger partial charge in [-0.15, -0.1) is 0 Å². The summed E-state index contributed by atoms with van der Waals surface area (Å²) >= 11 is 0. The van der Waals surface area contributed by atoms with E-state index in [1.54, 1.807) is 0 Å². The van der Waals surface area contributed by atoms with Crippen LogP contribution >= 0.6 is 0 Å². The van der Waals surface area contributed by atoms with Crippen LogP contribution in [0.5, 0.6) is 0 Å². The highest BCUT2D eigenvalue weighted by Crippen LogP contribution is 2.30. The maximum absolute atomic E-state index is 12.4. The number of hydrogen-bond acceptors (Lipinski definition) is 3. The summed E-state index contributed by atoms with van der Waals surface area (Å²) in [5, 5.41) is 2.86. The molecule has 0 aliphatic carbocycles. The summed E-state index contributed by atoms with van der Waals surface area (Å²) in [7, 11) is 0. The van der Waals surface area contributed by atoms with Gasteiger partial charge in [-0.2, -0.15) is 0 Å². The predicted molar refractivity (Wildman–Crippen MR) is 93.5 cm³/mol. The van der Waals surface area contributed by atoms with Gasteiger partial charge in [0.2, 0.25) is 5.91 Å². The van der Waals surface area contributed by atoms with Gasteiger partial charge in [0.05, 0.1) is 6.04 Å². The van der Waals surface area contributed by atoms with E-state index in [0.29, 0.717) is 13.0 Å². The third-order valence-corrected chi connectivity index (χ3v) is 4.39. The van der Waals surface area contributed by atoms with Gasteiger partial charge in [0, 0.05) is 24.9 Å². The third kappa shape index (κ3) is 4.73. The quantitative estimate of drug-likeness (QED) is 0.918. The van der Waals surface area contributed by atoms with Crippen molar-refractivity contribution in [3.8, 4) is 0 Å². The van der Waals surface area contributed by atoms with Crippen LogP contribution in [0.4, 0.5) is 4.79 Å². The van der Waals surface area contributed by atoms with Crippen molar-refractivity contribution in [1.29, 1.82) is 0 Å². The average Bonchev–Trinajstić information content (AvgIpc) is 2.87. The number of amides is 2. The van der Waals surface area contributed by atoms with Crippen LogP contribution in [-0.2, 0) is 9.53 Å². The summed E-state index contributed by atoms with van der Waals surface area (Å²) in [5.74, 6) is 0.227. The summed E-state index contributed by atoms with van der Waals surface area (Å²) in [4.78, 5) is 26.2. The van der Waals surface area contributed by atoms with Crippen molar-refractivity contribution in [2.24, 2.45) is 5.92 Å². The van der Waals surface area contributed by atoms with E-state index in [9.17, 15) is 9.59 Å². The Balaban J connectivity index is 1.95. The first-order valence-electron chi connectivity index (χ1n) is 8.51. The SMILES string of the molecule is C[C@@H](NC(=O)OC(C)(C)C)[C@@H]1CC(=O)N([C@@H](C)c2ccccc2)C1. The molecule has 0 saturated carbocycles. The minimum atomic E-state index is -0.525. The second-order valence-corrected chi connectivity index (χ2v) is 7.53. The third-order valence-electron chi connectivity index (χ3n) is 4.39. The van der Waals surface area contributed by atoms with Crippen LogP contribution in [0.3, 0.4) is 0 Å². The van der Waals surface area contributed by atoms with Gasteiger partial charge in [0.15, 0.2) is 0 Å². The van der Waals surface area contributed by atoms with Crippen LogP contribution < -0.4 is 5.32 Å². The molecule has 5 nitrogen and oxygen atoms in total. The van der Waals surface area contributed by atoms with Crippen LogP contribution in [0.15, 0.2) is 30.3 Å². The maximum atomic E-state index is 12.4. The van der Waals surface area contributed by atoms with Gasteiger partial charge in [-0.05, 0) is 40.2 Å². The molecule has 1 saturated heterocycles. The largest absolute Gasteiger partial charge is 0.444 e. The molecule has 0 aromatic heterocycles. The topological polar surface area (TPSA) is 58.6 Å². The number of carbonyl (C=O) groups excluding carboxylic acids is 2. The Kier molecular flexibility index (Phi) is 5.52. The number of nitrogens with zero attached hydrogens (tertiary/aromatic N) is 1. The fourth-order valence-corrected chi connectivity index (χ4v) is 2.99. The summed E-state index contributed by atoms with van der Waals surface area (Å²) in [6, 6.07) is 9.93. The van der Waals surface area contributed by atoms with Crippen molar-refractivity contribution in [1.82, 2.24) is 10.2 Å². The normalized spacial score (nSPS) is 20.6. The lowest BCUT2D eigenvalue weighted by Gasteiger charge is -2.27. The molecular weight excluding hydrogens is 304 g/mol. The van der Waals surface area contributed by atoms with Gasteiger partial charge in [-0.25, -0.2) is 4.79 Å². The van der Waals surface area contributed by atoms with Gasteiger partial charge in [-0.1, -0.05) is 30.3 Å². The molecule has 5 heteroatoms. The van der Waals surface area contributed by atoms with Gasteiger partial charge in [0.25, 0.3) is 0 Å². The zero-order valence-corrected chi connectivity index (χ0v) is 15.2. The number of likely N-dealkylation sites (tertiary alicyclic amines) is 1. The Bertz CT molecular complexity index is 580. The first-order valence-corrected chi connectivity index (χ1v) is 8.51. The molecule has 1 aromatic rings. The van der Waals surface area contributed by atoms with E-state index in [2.05, 4.69) is 5.32 Å². The van der Waals surface area contributed by atoms with E-state index in [1.165, 1.54) is 0 Å². The Morgan fingerprint density at radius 3 is 2.46 bits per heavy atom. The van der Waals surface area contributed by atoms with Crippen molar-refractivity contribution in [3.63, 3.8) is 0 Å². The number of nitrogens with one attached hydrogen (secondary N) is 1. The van der Waals surface area contributed by atoms with Crippen LogP contribution in [0.25, 0.3) is 0 Å². The smallest absolute Gasteiger partial charge is 0.407 e. The molecule has 0 bridgehead atoms. The fourth-order valence-electron chi connectivity index (χ4n) is 2.99. The number of ether oxygens (including phenoxy) is 1. The van der Waals surface area contributed by atoms with E-state index in [1.807, 2.05) is 69.9 Å². The second kappa shape index (κ2) is 7.24. The molecule has 3 atom stereocenters. The highest BCUT2D eigenvalue weighted by Gasteiger charge is 2.36. The second-order valence-electron chi connectivity index (χ2n) is 7.53. The van der Waals surface area contributed by atoms with Crippen LogP contribution in [0.2, 0.25) is 0 Å². The highest BCUT2D eigenvalue weighted by molar-refractivity contribution is 5.79. The van der Waals surface area contributed by atoms with E-state index in [4.69, 9.17) is 4.74 Å². The van der Waals surface area contributed by atoms with E-state index >= 15 is 0 Å². The van der Waals surface area contributed by atoms with Crippen LogP contribution in [0.1, 0.15) is 52.6 Å². The predicted octanol–water partition coefficient (Wildman–Crippen LogP) is 3.51. The molecule has 0 radical (unpaired) electrons. The standard InChI is InChI=1S/C19H28N2O3/c1-13(20-18(23)24-19(3,4)5)16-11-17(22)21(12-16)14(2)15-9-7-6-8-10-15/h6-10,13-14,16H,11-12H2,1-5H3,(H,20,23)/t13-,14+,16-/m1/s1. The Morgan fingerprint density at radius 2 is 1.88 bits per heavy atom. The van der Waals surface area contributed by atoms with Gasteiger partial charge < -0.3 is 15.0 Å². The summed E-state index contributed by atoms with van der Waals surface area (Å²) < 4.78 is 5.29. The highest BCUT2D eigenvalue weighted by atomic mass is 16.6. The zero-order chi connectivity index (χ0) is 17.9. The molecule has 132 valence electrons. The molecule has 1 heterocycles. The van der Waals surface area contributed by atoms with Gasteiger partial charge in [0.1, 0.15) is 5.60 Å². The molecule has 2 rings (SSSR count). The first kappa shape index (κ1) is 18.3. The average molecular weight is 332 g/mol. The van der Waals surface area contributed by atoms with Crippen molar-refractivity contribution in [2.75, 3.05) is 6.54 Å². The Hall–Kier alpha value is -2.04. The van der Waals surface area contributed by atoms with Crippen LogP contribution in [-0.4, -0.2) is 35.1 Å². The van der Waals surface area contributed by atoms with Crippen molar-refractivity contribution in [2.45, 2.75) is 58.7 Å². The minimum Gasteiger partial charge on any atom is -0.444 e. The lowest BCUT2D eigenvalue weighted by Crippen LogP contribution is -2.42. The zero-order valence-electron chi connectivity index (χ0n) is 15.2. The van der Waals surface area contributed by atoms with Crippen molar-refractivity contribution < 1.29 is 14.3 Å². The summed E-state index contributed by atoms with van der Waals surface area (Å²) in [5.41, 5.74) is 0.600. The number of hydrogen-bond donors (Lipinski definition) is 1. The maximum Gasteiger partial charge on any atom is 0.407 e. The molecule has 1 aromatic carbocycles. The van der Waals surface area contributed by atoms with Gasteiger partial charge >= 0.3 is 6.09 Å². The van der Waals surface area contributed by atoms with E-state index in [0.717, 1.165) is 5.56 Å².